The first-order valence-electron chi connectivity index (χ1n) is 7.62. The Bertz CT molecular complexity index is 477. The molecule has 21 heavy (non-hydrogen) atoms. The zero-order valence-electron chi connectivity index (χ0n) is 13.0. The number of hydrogen-bond acceptors (Lipinski definition) is 5. The molecular formula is C15H25N3O2S. The van der Waals surface area contributed by atoms with Crippen molar-refractivity contribution < 1.29 is 9.53 Å². The van der Waals surface area contributed by atoms with E-state index in [4.69, 9.17) is 10.5 Å². The fraction of sp³-hybridized carbons (Fsp3) is 0.733. The lowest BCUT2D eigenvalue weighted by atomic mass is 9.98. The van der Waals surface area contributed by atoms with Crippen LogP contribution < -0.4 is 5.73 Å². The van der Waals surface area contributed by atoms with Gasteiger partial charge in [0.1, 0.15) is 11.1 Å². The van der Waals surface area contributed by atoms with E-state index < -0.39 is 0 Å². The van der Waals surface area contributed by atoms with E-state index in [2.05, 4.69) is 11.9 Å². The molecule has 0 bridgehead atoms. The highest BCUT2D eigenvalue weighted by atomic mass is 32.1. The van der Waals surface area contributed by atoms with Crippen LogP contribution in [0.25, 0.3) is 0 Å². The molecule has 3 atom stereocenters. The minimum absolute atomic E-state index is 0.00393. The van der Waals surface area contributed by atoms with E-state index in [9.17, 15) is 4.79 Å². The number of carbonyl (C=O) groups is 1. The van der Waals surface area contributed by atoms with Gasteiger partial charge in [0.15, 0.2) is 0 Å². The summed E-state index contributed by atoms with van der Waals surface area (Å²) in [5.74, 6) is 0.148. The zero-order chi connectivity index (χ0) is 15.4. The van der Waals surface area contributed by atoms with Crippen molar-refractivity contribution >= 4 is 17.2 Å². The molecule has 1 aliphatic rings. The van der Waals surface area contributed by atoms with Crippen molar-refractivity contribution in [3.63, 3.8) is 0 Å². The number of piperidine rings is 1. The van der Waals surface area contributed by atoms with Gasteiger partial charge in [0.25, 0.3) is 0 Å². The number of nitrogens with zero attached hydrogens (tertiary/aromatic N) is 2. The van der Waals surface area contributed by atoms with Crippen LogP contribution in [0, 0.1) is 0 Å². The first kappa shape index (κ1) is 16.4. The Morgan fingerprint density at radius 2 is 2.43 bits per heavy atom. The third kappa shape index (κ3) is 4.25. The van der Waals surface area contributed by atoms with Crippen LogP contribution in [0.2, 0.25) is 0 Å². The summed E-state index contributed by atoms with van der Waals surface area (Å²) in [4.78, 5) is 18.9. The van der Waals surface area contributed by atoms with Crippen molar-refractivity contribution in [2.75, 3.05) is 13.2 Å². The Kier molecular flexibility index (Phi) is 5.72. The molecule has 0 aromatic carbocycles. The molecule has 1 aromatic rings. The van der Waals surface area contributed by atoms with Crippen LogP contribution in [-0.4, -0.2) is 41.0 Å². The number of amides is 1. The summed E-state index contributed by atoms with van der Waals surface area (Å²) in [6, 6.07) is 0.448. The summed E-state index contributed by atoms with van der Waals surface area (Å²) in [5.41, 5.74) is 6.78. The molecule has 0 spiro atoms. The van der Waals surface area contributed by atoms with Gasteiger partial charge in [-0.2, -0.15) is 0 Å². The van der Waals surface area contributed by atoms with E-state index in [1.54, 1.807) is 11.3 Å². The lowest BCUT2D eigenvalue weighted by molar-refractivity contribution is -0.133. The normalized spacial score (nSPS) is 24.1. The molecule has 0 aliphatic carbocycles. The Morgan fingerprint density at radius 1 is 1.67 bits per heavy atom. The van der Waals surface area contributed by atoms with Crippen LogP contribution in [0.1, 0.15) is 50.4 Å². The molecular weight excluding hydrogens is 286 g/mol. The predicted octanol–water partition coefficient (Wildman–Crippen LogP) is 2.12. The Hall–Kier alpha value is -0.980. The molecule has 0 radical (unpaired) electrons. The third-order valence-electron chi connectivity index (χ3n) is 3.90. The summed E-state index contributed by atoms with van der Waals surface area (Å²) in [6.45, 7) is 7.45. The number of rotatable bonds is 5. The second-order valence-electron chi connectivity index (χ2n) is 5.67. The smallest absolute Gasteiger partial charge is 0.228 e. The summed E-state index contributed by atoms with van der Waals surface area (Å²) >= 11 is 1.56. The van der Waals surface area contributed by atoms with E-state index in [1.165, 1.54) is 0 Å². The van der Waals surface area contributed by atoms with E-state index in [0.29, 0.717) is 13.0 Å². The quantitative estimate of drug-likeness (QED) is 0.904. The highest BCUT2D eigenvalue weighted by Gasteiger charge is 2.27. The van der Waals surface area contributed by atoms with Crippen molar-refractivity contribution in [1.29, 1.82) is 0 Å². The Labute approximate surface area is 130 Å². The number of aromatic nitrogens is 1. The van der Waals surface area contributed by atoms with Crippen molar-refractivity contribution in [1.82, 2.24) is 9.88 Å². The van der Waals surface area contributed by atoms with Crippen molar-refractivity contribution in [2.45, 2.75) is 58.2 Å². The second-order valence-corrected chi connectivity index (χ2v) is 6.56. The number of ether oxygens (including phenoxy) is 1. The third-order valence-corrected chi connectivity index (χ3v) is 4.96. The molecule has 2 rings (SSSR count). The molecule has 6 heteroatoms. The molecule has 118 valence electrons. The van der Waals surface area contributed by atoms with Gasteiger partial charge in [0.05, 0.1) is 12.1 Å². The van der Waals surface area contributed by atoms with Gasteiger partial charge in [-0.05, 0) is 33.6 Å². The van der Waals surface area contributed by atoms with Crippen molar-refractivity contribution in [3.05, 3.63) is 16.1 Å². The van der Waals surface area contributed by atoms with Crippen molar-refractivity contribution in [2.24, 2.45) is 5.73 Å². The van der Waals surface area contributed by atoms with Gasteiger partial charge < -0.3 is 15.4 Å². The number of likely N-dealkylation sites (tertiary alicyclic amines) is 1. The average Bonchev–Trinajstić information content (AvgIpc) is 2.87. The van der Waals surface area contributed by atoms with Gasteiger partial charge in [-0.25, -0.2) is 4.98 Å². The molecule has 1 amide bonds. The fourth-order valence-corrected chi connectivity index (χ4v) is 3.57. The van der Waals surface area contributed by atoms with Crippen LogP contribution in [0.4, 0.5) is 0 Å². The number of nitrogens with two attached hydrogens (primary N) is 1. The molecule has 2 heterocycles. The first-order valence-corrected chi connectivity index (χ1v) is 8.50. The van der Waals surface area contributed by atoms with Crippen LogP contribution in [-0.2, 0) is 16.0 Å². The van der Waals surface area contributed by atoms with Gasteiger partial charge in [0.2, 0.25) is 5.91 Å². The molecule has 0 saturated carbocycles. The van der Waals surface area contributed by atoms with Gasteiger partial charge >= 0.3 is 0 Å². The number of carbonyl (C=O) groups excluding carboxylic acids is 1. The molecule has 1 saturated heterocycles. The minimum atomic E-state index is -0.00393. The maximum absolute atomic E-state index is 12.4. The lowest BCUT2D eigenvalue weighted by Gasteiger charge is -2.36. The highest BCUT2D eigenvalue weighted by Crippen LogP contribution is 2.22. The van der Waals surface area contributed by atoms with Gasteiger partial charge in [-0.1, -0.05) is 0 Å². The Morgan fingerprint density at radius 3 is 3.10 bits per heavy atom. The predicted molar refractivity (Wildman–Crippen MR) is 84.2 cm³/mol. The lowest BCUT2D eigenvalue weighted by Crippen LogP contribution is -2.48. The highest BCUT2D eigenvalue weighted by molar-refractivity contribution is 7.09. The molecule has 1 aliphatic heterocycles. The number of hydrogen-bond donors (Lipinski definition) is 1. The Balaban J connectivity index is 1.93. The molecule has 2 N–H and O–H groups in total. The molecule has 0 unspecified atom stereocenters. The van der Waals surface area contributed by atoms with E-state index in [-0.39, 0.29) is 24.1 Å². The molecule has 1 aromatic heterocycles. The van der Waals surface area contributed by atoms with Crippen LogP contribution in [0.5, 0.6) is 0 Å². The maximum atomic E-state index is 12.4. The first-order chi connectivity index (χ1) is 10.0. The van der Waals surface area contributed by atoms with Gasteiger partial charge in [-0.3, -0.25) is 4.79 Å². The zero-order valence-corrected chi connectivity index (χ0v) is 13.9. The standard InChI is InChI=1S/C15H25N3O2S/c1-4-20-11(3)15-17-13(9-21-15)8-14(19)18-6-5-12(16)7-10(18)2/h9-12H,4-8,16H2,1-3H3/t10-,11-,12-/m1/s1. The maximum Gasteiger partial charge on any atom is 0.228 e. The summed E-state index contributed by atoms with van der Waals surface area (Å²) in [6.07, 6.45) is 2.14. The van der Waals surface area contributed by atoms with E-state index in [0.717, 1.165) is 30.1 Å². The van der Waals surface area contributed by atoms with E-state index in [1.807, 2.05) is 24.1 Å². The van der Waals surface area contributed by atoms with Crippen molar-refractivity contribution in [3.8, 4) is 0 Å². The monoisotopic (exact) mass is 311 g/mol. The minimum Gasteiger partial charge on any atom is -0.372 e. The number of thiazole rings is 1. The fourth-order valence-electron chi connectivity index (χ4n) is 2.75. The van der Waals surface area contributed by atoms with Crippen LogP contribution in [0.15, 0.2) is 5.38 Å². The van der Waals surface area contributed by atoms with Gasteiger partial charge in [0, 0.05) is 30.6 Å². The van der Waals surface area contributed by atoms with Crippen LogP contribution >= 0.6 is 11.3 Å². The summed E-state index contributed by atoms with van der Waals surface area (Å²) in [7, 11) is 0. The van der Waals surface area contributed by atoms with E-state index >= 15 is 0 Å². The molecule has 1 fully saturated rings. The topological polar surface area (TPSA) is 68.5 Å². The summed E-state index contributed by atoms with van der Waals surface area (Å²) in [5, 5.41) is 2.90. The molecule has 5 nitrogen and oxygen atoms in total. The van der Waals surface area contributed by atoms with Crippen LogP contribution in [0.3, 0.4) is 0 Å². The summed E-state index contributed by atoms with van der Waals surface area (Å²) < 4.78 is 5.53. The largest absolute Gasteiger partial charge is 0.372 e. The SMILES string of the molecule is CCO[C@H](C)c1nc(CC(=O)N2CC[C@@H](N)C[C@H]2C)cs1. The average molecular weight is 311 g/mol. The second kappa shape index (κ2) is 7.33. The van der Waals surface area contributed by atoms with Gasteiger partial charge in [-0.15, -0.1) is 11.3 Å².